The summed E-state index contributed by atoms with van der Waals surface area (Å²) < 4.78 is 0. The van der Waals surface area contributed by atoms with E-state index in [0.29, 0.717) is 12.3 Å². The molecule has 0 spiro atoms. The maximum absolute atomic E-state index is 11.5. The van der Waals surface area contributed by atoms with Crippen LogP contribution in [0.25, 0.3) is 5.53 Å². The van der Waals surface area contributed by atoms with E-state index in [1.165, 1.54) is 6.42 Å². The van der Waals surface area contributed by atoms with Crippen LogP contribution in [0.2, 0.25) is 0 Å². The normalized spacial score (nSPS) is 17.9. The summed E-state index contributed by atoms with van der Waals surface area (Å²) >= 11 is 0. The van der Waals surface area contributed by atoms with Gasteiger partial charge in [-0.25, -0.2) is 0 Å². The van der Waals surface area contributed by atoms with Gasteiger partial charge in [0.25, 0.3) is 5.78 Å². The van der Waals surface area contributed by atoms with Crippen molar-refractivity contribution in [3.63, 3.8) is 0 Å². The van der Waals surface area contributed by atoms with Crippen molar-refractivity contribution in [3.8, 4) is 0 Å². The fourth-order valence-electron chi connectivity index (χ4n) is 2.29. The zero-order chi connectivity index (χ0) is 12.7. The molecular formula is C11H16N3O3-. The Morgan fingerprint density at radius 2 is 2.06 bits per heavy atom. The summed E-state index contributed by atoms with van der Waals surface area (Å²) in [7, 11) is 0. The lowest BCUT2D eigenvalue weighted by atomic mass is 9.84. The highest BCUT2D eigenvalue weighted by Crippen LogP contribution is 2.27. The molecule has 17 heavy (non-hydrogen) atoms. The highest BCUT2D eigenvalue weighted by Gasteiger charge is 2.25. The molecule has 1 aliphatic carbocycles. The molecule has 1 unspecified atom stereocenters. The molecule has 1 N–H and O–H groups in total. The second-order valence-corrected chi connectivity index (χ2v) is 4.37. The van der Waals surface area contributed by atoms with Crippen LogP contribution in [0.15, 0.2) is 0 Å². The van der Waals surface area contributed by atoms with E-state index < -0.39 is 17.9 Å². The van der Waals surface area contributed by atoms with Crippen molar-refractivity contribution >= 4 is 18.1 Å². The van der Waals surface area contributed by atoms with Crippen LogP contribution in [0.1, 0.15) is 38.5 Å². The zero-order valence-electron chi connectivity index (χ0n) is 9.59. The summed E-state index contributed by atoms with van der Waals surface area (Å²) in [6.07, 6.45) is 5.13. The molecule has 0 aliphatic heterocycles. The lowest BCUT2D eigenvalue weighted by Crippen LogP contribution is -2.48. The number of carbonyl (C=O) groups excluding carboxylic acids is 2. The number of hydrogen-bond acceptors (Lipinski definition) is 3. The van der Waals surface area contributed by atoms with Gasteiger partial charge in [0.2, 0.25) is 0 Å². The zero-order valence-corrected chi connectivity index (χ0v) is 9.59. The monoisotopic (exact) mass is 238 g/mol. The lowest BCUT2D eigenvalue weighted by molar-refractivity contribution is -0.251. The number of carbonyl (C=O) groups is 2. The molecule has 1 atom stereocenters. The van der Waals surface area contributed by atoms with Gasteiger partial charge in [0.05, 0.1) is 6.04 Å². The topological polar surface area (TPSA) is 106 Å². The van der Waals surface area contributed by atoms with Crippen molar-refractivity contribution in [3.05, 3.63) is 5.53 Å². The molecule has 0 saturated heterocycles. The Morgan fingerprint density at radius 3 is 2.59 bits per heavy atom. The molecule has 1 fully saturated rings. The molecule has 0 aromatic heterocycles. The number of nitrogens with one attached hydrogen (secondary N) is 1. The number of amides is 1. The van der Waals surface area contributed by atoms with Gasteiger partial charge in [-0.15, -0.1) is 0 Å². The molecule has 0 aromatic carbocycles. The van der Waals surface area contributed by atoms with Crippen LogP contribution in [-0.2, 0) is 4.79 Å². The third-order valence-electron chi connectivity index (χ3n) is 3.11. The maximum Gasteiger partial charge on any atom is 0.325 e. The van der Waals surface area contributed by atoms with Crippen LogP contribution in [0.3, 0.4) is 0 Å². The highest BCUT2D eigenvalue weighted by atomic mass is 16.4. The molecule has 6 heteroatoms. The molecule has 1 amide bonds. The average Bonchev–Trinajstić information content (AvgIpc) is 2.29. The highest BCUT2D eigenvalue weighted by molar-refractivity contribution is 6.28. The van der Waals surface area contributed by atoms with Crippen molar-refractivity contribution < 1.29 is 19.5 Å². The van der Waals surface area contributed by atoms with E-state index in [-0.39, 0.29) is 0 Å². The van der Waals surface area contributed by atoms with Gasteiger partial charge < -0.3 is 20.7 Å². The standard InChI is InChI=1S/C11H17N3O3/c12-13-7-10(15)9(14-11(16)17)6-8-4-2-1-3-5-8/h7-9,14H,1-6H2,(H,16,17)/p-1. The molecule has 0 bridgehead atoms. The number of rotatable bonds is 5. The van der Waals surface area contributed by atoms with Crippen LogP contribution in [-0.4, -0.2) is 28.9 Å². The summed E-state index contributed by atoms with van der Waals surface area (Å²) in [5.74, 6) is -0.195. The molecule has 1 rings (SSSR count). The number of hydrogen-bond donors (Lipinski definition) is 1. The minimum Gasteiger partial charge on any atom is -0.530 e. The van der Waals surface area contributed by atoms with E-state index in [1.54, 1.807) is 0 Å². The van der Waals surface area contributed by atoms with Gasteiger partial charge in [0.1, 0.15) is 6.09 Å². The van der Waals surface area contributed by atoms with Crippen LogP contribution >= 0.6 is 0 Å². The Labute approximate surface area is 99.6 Å². The van der Waals surface area contributed by atoms with Gasteiger partial charge in [0.15, 0.2) is 0 Å². The quantitative estimate of drug-likeness (QED) is 0.418. The average molecular weight is 238 g/mol. The van der Waals surface area contributed by atoms with E-state index in [9.17, 15) is 14.7 Å². The van der Waals surface area contributed by atoms with E-state index in [2.05, 4.69) is 10.1 Å². The van der Waals surface area contributed by atoms with Gasteiger partial charge in [-0.2, -0.15) is 4.79 Å². The first-order valence-electron chi connectivity index (χ1n) is 5.82. The van der Waals surface area contributed by atoms with Crippen LogP contribution in [0.5, 0.6) is 0 Å². The first kappa shape index (κ1) is 13.4. The molecular weight excluding hydrogens is 222 g/mol. The van der Waals surface area contributed by atoms with E-state index in [4.69, 9.17) is 5.53 Å². The summed E-state index contributed by atoms with van der Waals surface area (Å²) in [5.41, 5.74) is 8.28. The first-order chi connectivity index (χ1) is 8.13. The van der Waals surface area contributed by atoms with E-state index in [1.807, 2.05) is 0 Å². The Bertz CT molecular complexity index is 331. The molecule has 0 radical (unpaired) electrons. The molecule has 6 nitrogen and oxygen atoms in total. The molecule has 0 heterocycles. The van der Waals surface area contributed by atoms with Gasteiger partial charge in [-0.1, -0.05) is 32.1 Å². The van der Waals surface area contributed by atoms with Gasteiger partial charge in [0, 0.05) is 0 Å². The summed E-state index contributed by atoms with van der Waals surface area (Å²) in [6.45, 7) is 0. The van der Waals surface area contributed by atoms with Crippen LogP contribution in [0.4, 0.5) is 4.79 Å². The van der Waals surface area contributed by atoms with Gasteiger partial charge in [-0.3, -0.25) is 4.79 Å². The second kappa shape index (κ2) is 6.81. The fourth-order valence-corrected chi connectivity index (χ4v) is 2.29. The number of Topliss-reactive ketones (excluding diaryl/α,β-unsaturated/α-hetero) is 1. The number of carboxylic acid groups (broad SMARTS) is 1. The largest absolute Gasteiger partial charge is 0.530 e. The summed E-state index contributed by atoms with van der Waals surface area (Å²) in [4.78, 5) is 24.6. The van der Waals surface area contributed by atoms with Gasteiger partial charge >= 0.3 is 6.21 Å². The molecule has 1 saturated carbocycles. The van der Waals surface area contributed by atoms with Crippen molar-refractivity contribution in [2.24, 2.45) is 5.92 Å². The first-order valence-corrected chi connectivity index (χ1v) is 5.82. The minimum atomic E-state index is -1.48. The fraction of sp³-hybridized carbons (Fsp3) is 0.727. The van der Waals surface area contributed by atoms with E-state index >= 15 is 0 Å². The van der Waals surface area contributed by atoms with Crippen LogP contribution < -0.4 is 10.4 Å². The Balaban J connectivity index is 2.58. The number of ketones is 1. The maximum atomic E-state index is 11.5. The third-order valence-corrected chi connectivity index (χ3v) is 3.11. The van der Waals surface area contributed by atoms with Crippen LogP contribution in [0, 0.1) is 5.92 Å². The Morgan fingerprint density at radius 1 is 1.41 bits per heavy atom. The van der Waals surface area contributed by atoms with Gasteiger partial charge in [-0.05, 0) is 12.3 Å². The predicted molar refractivity (Wildman–Crippen MR) is 58.2 cm³/mol. The van der Waals surface area contributed by atoms with E-state index in [0.717, 1.165) is 31.9 Å². The lowest BCUT2D eigenvalue weighted by Gasteiger charge is -2.25. The summed E-state index contributed by atoms with van der Waals surface area (Å²) in [6, 6.07) is -0.862. The molecule has 1 aliphatic rings. The second-order valence-electron chi connectivity index (χ2n) is 4.37. The Hall–Kier alpha value is -1.68. The predicted octanol–water partition coefficient (Wildman–Crippen LogP) is 0.128. The van der Waals surface area contributed by atoms with Crippen molar-refractivity contribution in [2.45, 2.75) is 44.6 Å². The summed E-state index contributed by atoms with van der Waals surface area (Å²) in [5, 5.41) is 12.5. The smallest absolute Gasteiger partial charge is 0.325 e. The minimum absolute atomic E-state index is 0.344. The SMILES string of the molecule is [N-]=[N+]=CC(=O)C(CC1CCCCC1)NC(=O)[O-]. The molecule has 94 valence electrons. The third kappa shape index (κ3) is 4.78. The van der Waals surface area contributed by atoms with Crippen molar-refractivity contribution in [1.29, 1.82) is 0 Å². The number of nitrogens with zero attached hydrogens (tertiary/aromatic N) is 2. The molecule has 0 aromatic rings. The Kier molecular flexibility index (Phi) is 5.36. The van der Waals surface area contributed by atoms with Crippen molar-refractivity contribution in [2.75, 3.05) is 0 Å². The van der Waals surface area contributed by atoms with Crippen molar-refractivity contribution in [1.82, 2.24) is 5.32 Å².